The van der Waals surface area contributed by atoms with Crippen LogP contribution in [0, 0.1) is 11.3 Å². The van der Waals surface area contributed by atoms with Crippen LogP contribution in [0.25, 0.3) is 0 Å². The predicted molar refractivity (Wildman–Crippen MR) is 116 cm³/mol. The van der Waals surface area contributed by atoms with Gasteiger partial charge in [0.1, 0.15) is 11.1 Å². The van der Waals surface area contributed by atoms with Crippen molar-refractivity contribution in [3.05, 3.63) is 41.3 Å². The summed E-state index contributed by atoms with van der Waals surface area (Å²) in [6.07, 6.45) is 7.62. The Labute approximate surface area is 180 Å². The zero-order valence-electron chi connectivity index (χ0n) is 17.0. The maximum atomic E-state index is 12.8. The molecule has 1 saturated heterocycles. The van der Waals surface area contributed by atoms with E-state index in [0.717, 1.165) is 57.2 Å². The van der Waals surface area contributed by atoms with Crippen LogP contribution >= 0.6 is 11.8 Å². The van der Waals surface area contributed by atoms with Gasteiger partial charge in [-0.3, -0.25) is 9.69 Å². The number of amides is 1. The van der Waals surface area contributed by atoms with Gasteiger partial charge in [0.05, 0.1) is 11.1 Å². The number of pyridine rings is 1. The molecule has 8 nitrogen and oxygen atoms in total. The first-order valence-electron chi connectivity index (χ1n) is 10.2. The van der Waals surface area contributed by atoms with Gasteiger partial charge in [-0.2, -0.15) is 5.26 Å². The molecule has 1 aliphatic heterocycles. The van der Waals surface area contributed by atoms with Crippen molar-refractivity contribution in [1.82, 2.24) is 25.2 Å². The molecule has 0 spiro atoms. The standard InChI is InChI=1S/C21H25N7OS/c1-30-20-17(14-22)16(13-18(26-20)15-3-4-15)19(29)23-7-8-27-9-11-28(12-10-27)21-24-5-2-6-25-21/h2,5-6,13,15H,3-4,7-12H2,1H3,(H,23,29). The fraction of sp³-hybridized carbons (Fsp3) is 0.476. The van der Waals surface area contributed by atoms with Crippen LogP contribution in [0.1, 0.15) is 40.4 Å². The van der Waals surface area contributed by atoms with Crippen LogP contribution in [0.15, 0.2) is 29.6 Å². The molecule has 2 aliphatic rings. The highest BCUT2D eigenvalue weighted by Gasteiger charge is 2.28. The number of anilines is 1. The molecule has 1 amide bonds. The number of rotatable bonds is 7. The predicted octanol–water partition coefficient (Wildman–Crippen LogP) is 1.89. The number of carbonyl (C=O) groups excluding carboxylic acids is 1. The molecule has 0 bridgehead atoms. The van der Waals surface area contributed by atoms with Crippen molar-refractivity contribution in [1.29, 1.82) is 5.26 Å². The molecule has 2 aromatic rings. The van der Waals surface area contributed by atoms with Crippen molar-refractivity contribution in [2.45, 2.75) is 23.8 Å². The molecule has 156 valence electrons. The molecule has 0 unspecified atom stereocenters. The number of carbonyl (C=O) groups is 1. The summed E-state index contributed by atoms with van der Waals surface area (Å²) in [5.41, 5.74) is 1.76. The third-order valence-electron chi connectivity index (χ3n) is 5.47. The number of piperazine rings is 1. The summed E-state index contributed by atoms with van der Waals surface area (Å²) < 4.78 is 0. The lowest BCUT2D eigenvalue weighted by molar-refractivity contribution is 0.0947. The van der Waals surface area contributed by atoms with E-state index in [1.807, 2.05) is 18.4 Å². The van der Waals surface area contributed by atoms with Crippen molar-refractivity contribution < 1.29 is 4.79 Å². The second-order valence-electron chi connectivity index (χ2n) is 7.50. The Morgan fingerprint density at radius 2 is 2.00 bits per heavy atom. The number of hydrogen-bond donors (Lipinski definition) is 1. The van der Waals surface area contributed by atoms with Crippen LogP contribution in [0.5, 0.6) is 0 Å². The molecule has 9 heteroatoms. The molecule has 1 N–H and O–H groups in total. The van der Waals surface area contributed by atoms with E-state index in [-0.39, 0.29) is 5.91 Å². The van der Waals surface area contributed by atoms with Gasteiger partial charge in [0.2, 0.25) is 5.95 Å². The summed E-state index contributed by atoms with van der Waals surface area (Å²) >= 11 is 1.42. The van der Waals surface area contributed by atoms with Gasteiger partial charge in [-0.1, -0.05) is 0 Å². The molecule has 30 heavy (non-hydrogen) atoms. The minimum atomic E-state index is -0.192. The lowest BCUT2D eigenvalue weighted by Crippen LogP contribution is -2.49. The van der Waals surface area contributed by atoms with Gasteiger partial charge < -0.3 is 10.2 Å². The summed E-state index contributed by atoms with van der Waals surface area (Å²) in [5, 5.41) is 13.2. The van der Waals surface area contributed by atoms with E-state index in [0.29, 0.717) is 28.6 Å². The molecule has 1 saturated carbocycles. The van der Waals surface area contributed by atoms with Crippen molar-refractivity contribution >= 4 is 23.6 Å². The number of nitriles is 1. The van der Waals surface area contributed by atoms with E-state index in [2.05, 4.69) is 36.1 Å². The van der Waals surface area contributed by atoms with E-state index >= 15 is 0 Å². The Morgan fingerprint density at radius 3 is 2.63 bits per heavy atom. The summed E-state index contributed by atoms with van der Waals surface area (Å²) in [5.74, 6) is 1.01. The number of thioether (sulfide) groups is 1. The molecule has 2 aromatic heterocycles. The topological polar surface area (TPSA) is 98.0 Å². The first-order valence-corrected chi connectivity index (χ1v) is 11.4. The smallest absolute Gasteiger partial charge is 0.252 e. The molecular weight excluding hydrogens is 398 g/mol. The Hall–Kier alpha value is -2.70. The Balaban J connectivity index is 1.31. The van der Waals surface area contributed by atoms with Crippen LogP contribution in [-0.2, 0) is 0 Å². The zero-order chi connectivity index (χ0) is 20.9. The lowest BCUT2D eigenvalue weighted by atomic mass is 10.1. The molecular formula is C21H25N7OS. The van der Waals surface area contributed by atoms with Crippen molar-refractivity contribution in [3.8, 4) is 6.07 Å². The Kier molecular flexibility index (Phi) is 6.45. The summed E-state index contributed by atoms with van der Waals surface area (Å²) in [4.78, 5) is 30.5. The number of nitrogens with zero attached hydrogens (tertiary/aromatic N) is 6. The van der Waals surface area contributed by atoms with Gasteiger partial charge >= 0.3 is 0 Å². The van der Waals surface area contributed by atoms with E-state index in [1.165, 1.54) is 11.8 Å². The van der Waals surface area contributed by atoms with Crippen LogP contribution < -0.4 is 10.2 Å². The second-order valence-corrected chi connectivity index (χ2v) is 8.29. The monoisotopic (exact) mass is 423 g/mol. The van der Waals surface area contributed by atoms with Crippen LogP contribution in [-0.4, -0.2) is 71.3 Å². The van der Waals surface area contributed by atoms with Gasteiger partial charge in [0.15, 0.2) is 0 Å². The molecule has 4 rings (SSSR count). The minimum Gasteiger partial charge on any atom is -0.351 e. The number of hydrogen-bond acceptors (Lipinski definition) is 8. The van der Waals surface area contributed by atoms with Gasteiger partial charge in [0, 0.05) is 63.3 Å². The molecule has 1 aliphatic carbocycles. The number of nitrogens with one attached hydrogen (secondary N) is 1. The van der Waals surface area contributed by atoms with Crippen molar-refractivity contribution in [2.75, 3.05) is 50.4 Å². The highest BCUT2D eigenvalue weighted by atomic mass is 32.2. The van der Waals surface area contributed by atoms with Crippen LogP contribution in [0.4, 0.5) is 5.95 Å². The van der Waals surface area contributed by atoms with Gasteiger partial charge in [-0.15, -0.1) is 11.8 Å². The fourth-order valence-electron chi connectivity index (χ4n) is 3.61. The summed E-state index contributed by atoms with van der Waals surface area (Å²) in [6, 6.07) is 5.80. The SMILES string of the molecule is CSc1nc(C2CC2)cc(C(=O)NCCN2CCN(c3ncccn3)CC2)c1C#N. The average molecular weight is 424 g/mol. The van der Waals surface area contributed by atoms with E-state index < -0.39 is 0 Å². The summed E-state index contributed by atoms with van der Waals surface area (Å²) in [6.45, 7) is 4.84. The van der Waals surface area contributed by atoms with E-state index in [9.17, 15) is 10.1 Å². The minimum absolute atomic E-state index is 0.192. The van der Waals surface area contributed by atoms with Crippen LogP contribution in [0.3, 0.4) is 0 Å². The normalized spacial score (nSPS) is 16.9. The lowest BCUT2D eigenvalue weighted by Gasteiger charge is -2.34. The molecule has 0 atom stereocenters. The zero-order valence-corrected chi connectivity index (χ0v) is 17.9. The third-order valence-corrected chi connectivity index (χ3v) is 6.15. The molecule has 2 fully saturated rings. The van der Waals surface area contributed by atoms with Crippen molar-refractivity contribution in [3.63, 3.8) is 0 Å². The maximum Gasteiger partial charge on any atom is 0.252 e. The fourth-order valence-corrected chi connectivity index (χ4v) is 4.17. The van der Waals surface area contributed by atoms with Gasteiger partial charge in [0.25, 0.3) is 5.91 Å². The molecule has 0 radical (unpaired) electrons. The second kappa shape index (κ2) is 9.41. The first-order chi connectivity index (χ1) is 14.7. The van der Waals surface area contributed by atoms with E-state index in [1.54, 1.807) is 12.4 Å². The van der Waals surface area contributed by atoms with Gasteiger partial charge in [-0.25, -0.2) is 15.0 Å². The van der Waals surface area contributed by atoms with Gasteiger partial charge in [-0.05, 0) is 31.2 Å². The molecule has 3 heterocycles. The Bertz CT molecular complexity index is 934. The highest BCUT2D eigenvalue weighted by Crippen LogP contribution is 2.40. The summed E-state index contributed by atoms with van der Waals surface area (Å²) in [7, 11) is 0. The quantitative estimate of drug-likeness (QED) is 0.674. The Morgan fingerprint density at radius 1 is 1.27 bits per heavy atom. The largest absolute Gasteiger partial charge is 0.351 e. The van der Waals surface area contributed by atoms with Crippen LogP contribution in [0.2, 0.25) is 0 Å². The highest BCUT2D eigenvalue weighted by molar-refractivity contribution is 7.98. The number of aromatic nitrogens is 3. The maximum absolute atomic E-state index is 12.8. The third kappa shape index (κ3) is 4.71. The van der Waals surface area contributed by atoms with Crippen molar-refractivity contribution in [2.24, 2.45) is 0 Å². The average Bonchev–Trinajstić information content (AvgIpc) is 3.64. The van der Waals surface area contributed by atoms with E-state index in [4.69, 9.17) is 0 Å². The molecule has 0 aromatic carbocycles. The first kappa shape index (κ1) is 20.6.